The Kier molecular flexibility index (Phi) is 6.01. The Balaban J connectivity index is 1.55. The zero-order valence-electron chi connectivity index (χ0n) is 16.3. The van der Waals surface area contributed by atoms with Gasteiger partial charge in [-0.3, -0.25) is 15.0 Å². The molecular weight excluding hydrogens is 390 g/mol. The fraction of sp³-hybridized carbons (Fsp3) is 0.238. The number of hydrogen-bond donors (Lipinski definition) is 3. The van der Waals surface area contributed by atoms with Gasteiger partial charge in [0.2, 0.25) is 0 Å². The minimum absolute atomic E-state index is 0.103. The Hall–Kier alpha value is -3.88. The van der Waals surface area contributed by atoms with Gasteiger partial charge in [0.25, 0.3) is 11.8 Å². The van der Waals surface area contributed by atoms with Gasteiger partial charge in [0.15, 0.2) is 6.61 Å². The zero-order chi connectivity index (χ0) is 21.7. The fourth-order valence-corrected chi connectivity index (χ4v) is 3.01. The fourth-order valence-electron chi connectivity index (χ4n) is 3.01. The monoisotopic (exact) mass is 411 g/mol. The molecule has 1 atom stereocenters. The van der Waals surface area contributed by atoms with Crippen molar-refractivity contribution < 1.29 is 29.0 Å². The van der Waals surface area contributed by atoms with Gasteiger partial charge in [0.1, 0.15) is 16.9 Å². The van der Waals surface area contributed by atoms with Crippen LogP contribution >= 0.6 is 0 Å². The number of aryl methyl sites for hydroxylation is 1. The molecule has 3 rings (SSSR count). The number of phenols is 1. The average molecular weight is 411 g/mol. The molecule has 1 fully saturated rings. The number of ether oxygens (including phenoxy) is 1. The molecule has 9 nitrogen and oxygen atoms in total. The van der Waals surface area contributed by atoms with E-state index in [4.69, 9.17) is 4.74 Å². The van der Waals surface area contributed by atoms with Gasteiger partial charge >= 0.3 is 12.0 Å². The first kappa shape index (κ1) is 20.8. The second-order valence-corrected chi connectivity index (χ2v) is 7.02. The van der Waals surface area contributed by atoms with E-state index in [0.29, 0.717) is 17.9 Å². The summed E-state index contributed by atoms with van der Waals surface area (Å²) in [5.41, 5.74) is 1.88. The molecule has 4 amide bonds. The minimum atomic E-state index is -1.17. The largest absolute Gasteiger partial charge is 0.507 e. The van der Waals surface area contributed by atoms with Crippen LogP contribution in [0.25, 0.3) is 0 Å². The van der Waals surface area contributed by atoms with Crippen molar-refractivity contribution in [3.63, 3.8) is 0 Å². The van der Waals surface area contributed by atoms with Crippen LogP contribution in [0.2, 0.25) is 0 Å². The SMILES string of the molecule is C[C@]1(CCc2ccccc2)NC(=O)N(NC(=O)COC(=O)c2ccccc2O)C1=O. The molecule has 0 radical (unpaired) electrons. The van der Waals surface area contributed by atoms with Crippen molar-refractivity contribution in [2.45, 2.75) is 25.3 Å². The summed E-state index contributed by atoms with van der Waals surface area (Å²) in [5.74, 6) is -2.67. The summed E-state index contributed by atoms with van der Waals surface area (Å²) in [6.07, 6.45) is 0.902. The number of phenolic OH excluding ortho intramolecular Hbond substituents is 1. The number of amides is 4. The number of para-hydroxylation sites is 1. The highest BCUT2D eigenvalue weighted by molar-refractivity contribution is 6.07. The number of imide groups is 1. The molecule has 2 aromatic rings. The van der Waals surface area contributed by atoms with Gasteiger partial charge in [-0.2, -0.15) is 5.01 Å². The van der Waals surface area contributed by atoms with Crippen LogP contribution in [-0.4, -0.2) is 46.1 Å². The number of hydrogen-bond acceptors (Lipinski definition) is 6. The van der Waals surface area contributed by atoms with Gasteiger partial charge in [-0.15, -0.1) is 0 Å². The normalized spacial score (nSPS) is 18.1. The van der Waals surface area contributed by atoms with E-state index < -0.39 is 36.0 Å². The number of nitrogens with zero attached hydrogens (tertiary/aromatic N) is 1. The molecule has 0 aliphatic carbocycles. The van der Waals surface area contributed by atoms with Gasteiger partial charge in [-0.05, 0) is 37.5 Å². The molecule has 1 aliphatic rings. The van der Waals surface area contributed by atoms with Crippen molar-refractivity contribution in [2.75, 3.05) is 6.61 Å². The highest BCUT2D eigenvalue weighted by atomic mass is 16.5. The topological polar surface area (TPSA) is 125 Å². The van der Waals surface area contributed by atoms with E-state index in [2.05, 4.69) is 10.7 Å². The van der Waals surface area contributed by atoms with E-state index in [-0.39, 0.29) is 11.3 Å². The predicted octanol–water partition coefficient (Wildman–Crippen LogP) is 1.52. The molecule has 30 heavy (non-hydrogen) atoms. The predicted molar refractivity (Wildman–Crippen MR) is 105 cm³/mol. The van der Waals surface area contributed by atoms with Crippen LogP contribution in [0.3, 0.4) is 0 Å². The van der Waals surface area contributed by atoms with Crippen molar-refractivity contribution in [1.29, 1.82) is 0 Å². The molecule has 0 bridgehead atoms. The molecule has 1 saturated heterocycles. The van der Waals surface area contributed by atoms with E-state index >= 15 is 0 Å². The molecule has 0 saturated carbocycles. The maximum atomic E-state index is 12.7. The summed E-state index contributed by atoms with van der Waals surface area (Å²) in [4.78, 5) is 48.9. The molecule has 156 valence electrons. The first-order valence-electron chi connectivity index (χ1n) is 9.25. The molecule has 3 N–H and O–H groups in total. The number of aromatic hydroxyl groups is 1. The lowest BCUT2D eigenvalue weighted by Gasteiger charge is -2.21. The Bertz CT molecular complexity index is 978. The standard InChI is InChI=1S/C21H21N3O6/c1-21(12-11-14-7-3-2-4-8-14)19(28)24(20(29)22-21)23-17(26)13-30-18(27)15-9-5-6-10-16(15)25/h2-10,25H,11-13H2,1H3,(H,22,29)(H,23,26)/t21-/m1/s1. The van der Waals surface area contributed by atoms with Crippen LogP contribution < -0.4 is 10.7 Å². The number of nitrogens with one attached hydrogen (secondary N) is 2. The Labute approximate surface area is 172 Å². The number of urea groups is 1. The average Bonchev–Trinajstić information content (AvgIpc) is 2.95. The molecule has 1 heterocycles. The zero-order valence-corrected chi connectivity index (χ0v) is 16.3. The number of hydrazine groups is 1. The number of carbonyl (C=O) groups excluding carboxylic acids is 4. The first-order valence-corrected chi connectivity index (χ1v) is 9.25. The molecule has 2 aromatic carbocycles. The van der Waals surface area contributed by atoms with Crippen LogP contribution in [0.1, 0.15) is 29.3 Å². The van der Waals surface area contributed by atoms with Crippen molar-refractivity contribution in [3.05, 3.63) is 65.7 Å². The Morgan fingerprint density at radius 3 is 2.47 bits per heavy atom. The van der Waals surface area contributed by atoms with Crippen molar-refractivity contribution >= 4 is 23.8 Å². The third kappa shape index (κ3) is 4.57. The maximum absolute atomic E-state index is 12.7. The van der Waals surface area contributed by atoms with Crippen LogP contribution in [0.4, 0.5) is 4.79 Å². The van der Waals surface area contributed by atoms with Crippen molar-refractivity contribution in [1.82, 2.24) is 15.8 Å². The first-order chi connectivity index (χ1) is 14.3. The number of benzene rings is 2. The number of esters is 1. The highest BCUT2D eigenvalue weighted by Gasteiger charge is 2.48. The molecule has 9 heteroatoms. The van der Waals surface area contributed by atoms with E-state index in [1.807, 2.05) is 30.3 Å². The summed E-state index contributed by atoms with van der Waals surface area (Å²) >= 11 is 0. The quantitative estimate of drug-likeness (QED) is 0.469. The summed E-state index contributed by atoms with van der Waals surface area (Å²) in [6.45, 7) is 0.853. The van der Waals surface area contributed by atoms with E-state index in [9.17, 15) is 24.3 Å². The van der Waals surface area contributed by atoms with Crippen LogP contribution in [0, 0.1) is 0 Å². The smallest absolute Gasteiger partial charge is 0.344 e. The second-order valence-electron chi connectivity index (χ2n) is 7.02. The lowest BCUT2D eigenvalue weighted by Crippen LogP contribution is -2.50. The second kappa shape index (κ2) is 8.64. The summed E-state index contributed by atoms with van der Waals surface area (Å²) in [6, 6.07) is 14.4. The van der Waals surface area contributed by atoms with E-state index in [1.54, 1.807) is 6.92 Å². The summed E-state index contributed by atoms with van der Waals surface area (Å²) in [5, 5.41) is 12.8. The van der Waals surface area contributed by atoms with Gasteiger partial charge in [0.05, 0.1) is 0 Å². The number of carbonyl (C=O) groups is 4. The van der Waals surface area contributed by atoms with Gasteiger partial charge in [0, 0.05) is 0 Å². The van der Waals surface area contributed by atoms with Crippen LogP contribution in [0.5, 0.6) is 5.75 Å². The molecule has 1 aliphatic heterocycles. The van der Waals surface area contributed by atoms with Gasteiger partial charge in [-0.25, -0.2) is 9.59 Å². The third-order valence-corrected chi connectivity index (χ3v) is 4.71. The van der Waals surface area contributed by atoms with E-state index in [1.165, 1.54) is 24.3 Å². The Morgan fingerprint density at radius 1 is 1.10 bits per heavy atom. The minimum Gasteiger partial charge on any atom is -0.507 e. The molecule has 0 spiro atoms. The third-order valence-electron chi connectivity index (χ3n) is 4.71. The van der Waals surface area contributed by atoms with Crippen LogP contribution in [-0.2, 0) is 20.7 Å². The molecule has 0 aromatic heterocycles. The summed E-state index contributed by atoms with van der Waals surface area (Å²) in [7, 11) is 0. The lowest BCUT2D eigenvalue weighted by atomic mass is 9.93. The van der Waals surface area contributed by atoms with Crippen molar-refractivity contribution in [3.8, 4) is 5.75 Å². The van der Waals surface area contributed by atoms with Crippen molar-refractivity contribution in [2.24, 2.45) is 0 Å². The van der Waals surface area contributed by atoms with Gasteiger partial charge in [-0.1, -0.05) is 42.5 Å². The Morgan fingerprint density at radius 2 is 1.77 bits per heavy atom. The molecular formula is C21H21N3O6. The van der Waals surface area contributed by atoms with Crippen LogP contribution in [0.15, 0.2) is 54.6 Å². The van der Waals surface area contributed by atoms with E-state index in [0.717, 1.165) is 5.56 Å². The maximum Gasteiger partial charge on any atom is 0.344 e. The molecule has 0 unspecified atom stereocenters. The number of rotatable bonds is 7. The highest BCUT2D eigenvalue weighted by Crippen LogP contribution is 2.22. The van der Waals surface area contributed by atoms with Gasteiger partial charge < -0.3 is 15.2 Å². The lowest BCUT2D eigenvalue weighted by molar-refractivity contribution is -0.140. The summed E-state index contributed by atoms with van der Waals surface area (Å²) < 4.78 is 4.83.